The van der Waals surface area contributed by atoms with E-state index in [4.69, 9.17) is 9.47 Å². The van der Waals surface area contributed by atoms with E-state index >= 15 is 0 Å². The van der Waals surface area contributed by atoms with Crippen molar-refractivity contribution in [2.24, 2.45) is 17.3 Å². The van der Waals surface area contributed by atoms with Crippen LogP contribution in [0.2, 0.25) is 0 Å². The van der Waals surface area contributed by atoms with Crippen LogP contribution >= 0.6 is 0 Å². The summed E-state index contributed by atoms with van der Waals surface area (Å²) in [6.07, 6.45) is 2.76. The third-order valence-electron chi connectivity index (χ3n) is 5.02. The van der Waals surface area contributed by atoms with E-state index in [0.717, 1.165) is 12.3 Å². The van der Waals surface area contributed by atoms with Crippen molar-refractivity contribution in [1.29, 1.82) is 0 Å². The number of hydrogen-bond donors (Lipinski definition) is 0. The molecule has 2 unspecified atom stereocenters. The molecule has 2 heteroatoms. The second kappa shape index (κ2) is 2.96. The molecule has 0 aromatic heterocycles. The van der Waals surface area contributed by atoms with Crippen molar-refractivity contribution in [2.45, 2.75) is 45.3 Å². The summed E-state index contributed by atoms with van der Waals surface area (Å²) in [5.41, 5.74) is 0.368. The van der Waals surface area contributed by atoms with Gasteiger partial charge in [-0.05, 0) is 37.0 Å². The Hall–Kier alpha value is -0.0800. The largest absolute Gasteiger partial charge is 0.378 e. The summed E-state index contributed by atoms with van der Waals surface area (Å²) in [7, 11) is 3.63. The van der Waals surface area contributed by atoms with Crippen LogP contribution in [0.5, 0.6) is 0 Å². The lowest BCUT2D eigenvalue weighted by Gasteiger charge is -2.65. The highest BCUT2D eigenvalue weighted by molar-refractivity contribution is 5.13. The van der Waals surface area contributed by atoms with Crippen LogP contribution in [0, 0.1) is 17.3 Å². The standard InChI is InChI=1S/C12H22O2/c1-11(2)8-6-9(11)12(3,14-5)10(7-8)13-4/h8-10H,6-7H2,1-5H3/t8?,9?,10-,12+/m0/s1. The quantitative estimate of drug-likeness (QED) is 0.678. The lowest BCUT2D eigenvalue weighted by atomic mass is 9.43. The fraction of sp³-hybridized carbons (Fsp3) is 1.00. The SMILES string of the molecule is CO[C@H]1CC2CC(C2(C)C)[C@@]1(C)OC. The Bertz CT molecular complexity index is 236. The first kappa shape index (κ1) is 10.4. The molecule has 4 atom stereocenters. The fourth-order valence-electron chi connectivity index (χ4n) is 3.71. The topological polar surface area (TPSA) is 18.5 Å². The Morgan fingerprint density at radius 1 is 1.07 bits per heavy atom. The van der Waals surface area contributed by atoms with Crippen LogP contribution in [0.4, 0.5) is 0 Å². The number of fused-ring (bicyclic) bond motifs is 2. The second-order valence-electron chi connectivity index (χ2n) is 5.65. The van der Waals surface area contributed by atoms with E-state index in [9.17, 15) is 0 Å². The first-order valence-corrected chi connectivity index (χ1v) is 5.54. The van der Waals surface area contributed by atoms with Gasteiger partial charge in [-0.3, -0.25) is 0 Å². The summed E-state index contributed by atoms with van der Waals surface area (Å²) < 4.78 is 11.3. The van der Waals surface area contributed by atoms with Crippen molar-refractivity contribution in [3.8, 4) is 0 Å². The van der Waals surface area contributed by atoms with Gasteiger partial charge in [-0.25, -0.2) is 0 Å². The van der Waals surface area contributed by atoms with Crippen LogP contribution in [-0.4, -0.2) is 25.9 Å². The molecule has 14 heavy (non-hydrogen) atoms. The van der Waals surface area contributed by atoms with E-state index in [1.807, 2.05) is 7.11 Å². The van der Waals surface area contributed by atoms with Gasteiger partial charge in [-0.15, -0.1) is 0 Å². The van der Waals surface area contributed by atoms with Crippen molar-refractivity contribution in [2.75, 3.05) is 14.2 Å². The molecule has 82 valence electrons. The van der Waals surface area contributed by atoms with Gasteiger partial charge in [0.2, 0.25) is 0 Å². The Labute approximate surface area is 87.0 Å². The maximum atomic E-state index is 5.74. The smallest absolute Gasteiger partial charge is 0.0944 e. The molecule has 2 nitrogen and oxygen atoms in total. The molecule has 3 aliphatic carbocycles. The van der Waals surface area contributed by atoms with Crippen LogP contribution in [0.25, 0.3) is 0 Å². The van der Waals surface area contributed by atoms with Crippen LogP contribution in [0.3, 0.4) is 0 Å². The van der Waals surface area contributed by atoms with E-state index < -0.39 is 0 Å². The summed E-state index contributed by atoms with van der Waals surface area (Å²) in [5, 5.41) is 0. The van der Waals surface area contributed by atoms with Gasteiger partial charge < -0.3 is 9.47 Å². The van der Waals surface area contributed by atoms with Gasteiger partial charge in [0.1, 0.15) is 0 Å². The van der Waals surface area contributed by atoms with Gasteiger partial charge in [0.25, 0.3) is 0 Å². The lowest BCUT2D eigenvalue weighted by molar-refractivity contribution is -0.262. The van der Waals surface area contributed by atoms with E-state index in [-0.39, 0.29) is 11.7 Å². The third kappa shape index (κ3) is 1.04. The minimum Gasteiger partial charge on any atom is -0.378 e. The Morgan fingerprint density at radius 3 is 2.14 bits per heavy atom. The normalized spacial score (nSPS) is 49.9. The zero-order chi connectivity index (χ0) is 10.6. The molecule has 3 saturated carbocycles. The summed E-state index contributed by atoms with van der Waals surface area (Å²) in [4.78, 5) is 0. The van der Waals surface area contributed by atoms with Crippen LogP contribution in [0.1, 0.15) is 33.6 Å². The van der Waals surface area contributed by atoms with Gasteiger partial charge >= 0.3 is 0 Å². The van der Waals surface area contributed by atoms with Gasteiger partial charge in [0.15, 0.2) is 0 Å². The molecule has 0 aromatic rings. The van der Waals surface area contributed by atoms with Crippen LogP contribution in [-0.2, 0) is 9.47 Å². The first-order valence-electron chi connectivity index (χ1n) is 5.54. The molecular weight excluding hydrogens is 176 g/mol. The maximum absolute atomic E-state index is 5.74. The van der Waals surface area contributed by atoms with Gasteiger partial charge in [-0.2, -0.15) is 0 Å². The zero-order valence-electron chi connectivity index (χ0n) is 9.96. The van der Waals surface area contributed by atoms with Crippen molar-refractivity contribution in [3.63, 3.8) is 0 Å². The molecule has 3 rings (SSSR count). The second-order valence-corrected chi connectivity index (χ2v) is 5.65. The van der Waals surface area contributed by atoms with Crippen molar-refractivity contribution >= 4 is 0 Å². The number of methoxy groups -OCH3 is 2. The highest BCUT2D eigenvalue weighted by Crippen LogP contribution is 2.63. The third-order valence-corrected chi connectivity index (χ3v) is 5.02. The molecule has 0 N–H and O–H groups in total. The van der Waals surface area contributed by atoms with Crippen LogP contribution < -0.4 is 0 Å². The molecule has 0 amide bonds. The van der Waals surface area contributed by atoms with E-state index in [0.29, 0.717) is 11.3 Å². The van der Waals surface area contributed by atoms with E-state index in [2.05, 4.69) is 20.8 Å². The summed E-state index contributed by atoms with van der Waals surface area (Å²) >= 11 is 0. The van der Waals surface area contributed by atoms with Gasteiger partial charge in [-0.1, -0.05) is 13.8 Å². The molecule has 3 fully saturated rings. The highest BCUT2D eigenvalue weighted by Gasteiger charge is 2.63. The van der Waals surface area contributed by atoms with Gasteiger partial charge in [0, 0.05) is 14.2 Å². The van der Waals surface area contributed by atoms with Gasteiger partial charge in [0.05, 0.1) is 11.7 Å². The number of ether oxygens (including phenoxy) is 2. The van der Waals surface area contributed by atoms with Crippen molar-refractivity contribution in [3.05, 3.63) is 0 Å². The average molecular weight is 198 g/mol. The molecule has 0 spiro atoms. The maximum Gasteiger partial charge on any atom is 0.0944 e. The van der Waals surface area contributed by atoms with Crippen molar-refractivity contribution in [1.82, 2.24) is 0 Å². The fourth-order valence-corrected chi connectivity index (χ4v) is 3.71. The minimum absolute atomic E-state index is 0.0764. The number of hydrogen-bond acceptors (Lipinski definition) is 2. The highest BCUT2D eigenvalue weighted by atomic mass is 16.5. The Kier molecular flexibility index (Phi) is 2.20. The summed E-state index contributed by atoms with van der Waals surface area (Å²) in [5.74, 6) is 1.49. The Balaban J connectivity index is 2.26. The monoisotopic (exact) mass is 198 g/mol. The first-order chi connectivity index (χ1) is 6.46. The predicted octanol–water partition coefficient (Wildman–Crippen LogP) is 2.47. The molecule has 2 bridgehead atoms. The average Bonchev–Trinajstić information content (AvgIpc) is 2.17. The van der Waals surface area contributed by atoms with E-state index in [1.54, 1.807) is 7.11 Å². The molecule has 0 aliphatic heterocycles. The minimum atomic E-state index is -0.0764. The molecular formula is C12H22O2. The lowest BCUT2D eigenvalue weighted by Crippen LogP contribution is -2.67. The van der Waals surface area contributed by atoms with E-state index in [1.165, 1.54) is 6.42 Å². The predicted molar refractivity (Wildman–Crippen MR) is 56.2 cm³/mol. The molecule has 0 radical (unpaired) electrons. The zero-order valence-corrected chi connectivity index (χ0v) is 9.96. The van der Waals surface area contributed by atoms with Crippen LogP contribution in [0.15, 0.2) is 0 Å². The Morgan fingerprint density at radius 2 is 1.71 bits per heavy atom. The van der Waals surface area contributed by atoms with Crippen molar-refractivity contribution < 1.29 is 9.47 Å². The molecule has 0 heterocycles. The number of rotatable bonds is 2. The molecule has 0 aromatic carbocycles. The molecule has 0 saturated heterocycles. The summed E-state index contributed by atoms with van der Waals surface area (Å²) in [6.45, 7) is 6.95. The summed E-state index contributed by atoms with van der Waals surface area (Å²) in [6, 6.07) is 0. The molecule has 3 aliphatic rings.